The van der Waals surface area contributed by atoms with E-state index < -0.39 is 5.41 Å². The summed E-state index contributed by atoms with van der Waals surface area (Å²) in [5.74, 6) is 0.169. The molecule has 2 amide bonds. The second-order valence-corrected chi connectivity index (χ2v) is 8.16. The van der Waals surface area contributed by atoms with Gasteiger partial charge in [0.2, 0.25) is 5.91 Å². The molecular formula is C21H23ClN4O3. The zero-order chi connectivity index (χ0) is 21.2. The summed E-state index contributed by atoms with van der Waals surface area (Å²) in [7, 11) is 1.68. The molecule has 29 heavy (non-hydrogen) atoms. The van der Waals surface area contributed by atoms with Gasteiger partial charge in [-0.05, 0) is 29.8 Å². The van der Waals surface area contributed by atoms with E-state index in [4.69, 9.17) is 16.4 Å². The first kappa shape index (κ1) is 20.7. The molecule has 1 aliphatic heterocycles. The van der Waals surface area contributed by atoms with Crippen LogP contribution >= 0.6 is 11.6 Å². The fourth-order valence-electron chi connectivity index (χ4n) is 2.61. The maximum Gasteiger partial charge on any atom is 0.257 e. The SMILES string of the molecule is CN1N=Cc2ccc(NC(=O)c3cc(CNC(=O)C(C)(C)C)ccc3Cl)cc2O1. The predicted molar refractivity (Wildman–Crippen MR) is 113 cm³/mol. The van der Waals surface area contributed by atoms with Gasteiger partial charge >= 0.3 is 0 Å². The Balaban J connectivity index is 1.73. The minimum Gasteiger partial charge on any atom is -0.362 e. The molecule has 2 N–H and O–H groups in total. The lowest BCUT2D eigenvalue weighted by Gasteiger charge is -2.20. The number of hydrogen-bond acceptors (Lipinski definition) is 5. The highest BCUT2D eigenvalue weighted by Gasteiger charge is 2.21. The minimum atomic E-state index is -0.486. The number of carbonyl (C=O) groups is 2. The zero-order valence-corrected chi connectivity index (χ0v) is 17.5. The van der Waals surface area contributed by atoms with Crippen molar-refractivity contribution >= 4 is 35.3 Å². The second kappa shape index (κ2) is 8.13. The molecule has 0 unspecified atom stereocenters. The number of halogens is 1. The lowest BCUT2D eigenvalue weighted by atomic mass is 9.95. The molecule has 0 bridgehead atoms. The van der Waals surface area contributed by atoms with Crippen molar-refractivity contribution in [2.24, 2.45) is 10.5 Å². The molecule has 1 aliphatic rings. The van der Waals surface area contributed by atoms with Crippen LogP contribution in [0.3, 0.4) is 0 Å². The molecule has 0 saturated carbocycles. The van der Waals surface area contributed by atoms with E-state index in [1.807, 2.05) is 26.8 Å². The number of amides is 2. The van der Waals surface area contributed by atoms with Crippen LogP contribution < -0.4 is 15.5 Å². The van der Waals surface area contributed by atoms with Gasteiger partial charge in [0.15, 0.2) is 5.75 Å². The molecule has 0 aromatic heterocycles. The minimum absolute atomic E-state index is 0.0685. The second-order valence-electron chi connectivity index (χ2n) is 7.75. The number of rotatable bonds is 4. The van der Waals surface area contributed by atoms with Gasteiger partial charge in [0.1, 0.15) is 0 Å². The summed E-state index contributed by atoms with van der Waals surface area (Å²) in [5.41, 5.74) is 2.01. The van der Waals surface area contributed by atoms with Gasteiger partial charge in [-0.25, -0.2) is 0 Å². The number of hydrazone groups is 1. The van der Waals surface area contributed by atoms with Crippen LogP contribution in [0, 0.1) is 5.41 Å². The third-order valence-electron chi connectivity index (χ3n) is 4.27. The van der Waals surface area contributed by atoms with Crippen LogP contribution in [-0.2, 0) is 11.3 Å². The van der Waals surface area contributed by atoms with Gasteiger partial charge in [0.05, 0.1) is 23.8 Å². The van der Waals surface area contributed by atoms with Crippen molar-refractivity contribution in [1.82, 2.24) is 10.5 Å². The number of fused-ring (bicyclic) bond motifs is 1. The topological polar surface area (TPSA) is 83.0 Å². The summed E-state index contributed by atoms with van der Waals surface area (Å²) in [6.07, 6.45) is 1.68. The maximum atomic E-state index is 12.8. The maximum absolute atomic E-state index is 12.8. The van der Waals surface area contributed by atoms with Gasteiger partial charge in [-0.15, -0.1) is 10.3 Å². The Morgan fingerprint density at radius 1 is 1.17 bits per heavy atom. The third-order valence-corrected chi connectivity index (χ3v) is 4.60. The molecule has 0 aliphatic carbocycles. The Morgan fingerprint density at radius 3 is 2.66 bits per heavy atom. The fraction of sp³-hybridized carbons (Fsp3) is 0.286. The van der Waals surface area contributed by atoms with Crippen molar-refractivity contribution in [3.8, 4) is 5.75 Å². The van der Waals surface area contributed by atoms with Gasteiger partial charge in [-0.1, -0.05) is 38.4 Å². The van der Waals surface area contributed by atoms with Crippen LogP contribution in [0.15, 0.2) is 41.5 Å². The Hall–Kier alpha value is -3.06. The number of benzene rings is 2. The Labute approximate surface area is 174 Å². The number of hydrogen-bond donors (Lipinski definition) is 2. The fourth-order valence-corrected chi connectivity index (χ4v) is 2.81. The lowest BCUT2D eigenvalue weighted by molar-refractivity contribution is -0.128. The first-order chi connectivity index (χ1) is 13.6. The Bertz CT molecular complexity index is 982. The Kier molecular flexibility index (Phi) is 5.79. The average Bonchev–Trinajstić information content (AvgIpc) is 2.65. The number of nitrogens with one attached hydrogen (secondary N) is 2. The van der Waals surface area contributed by atoms with Gasteiger partial charge in [-0.3, -0.25) is 9.59 Å². The summed E-state index contributed by atoms with van der Waals surface area (Å²) >= 11 is 6.23. The number of anilines is 1. The average molecular weight is 415 g/mol. The van der Waals surface area contributed by atoms with Crippen molar-refractivity contribution < 1.29 is 14.4 Å². The lowest BCUT2D eigenvalue weighted by Crippen LogP contribution is -2.34. The molecule has 0 fully saturated rings. The van der Waals surface area contributed by atoms with E-state index in [2.05, 4.69) is 15.7 Å². The molecule has 2 aromatic rings. The van der Waals surface area contributed by atoms with Crippen LogP contribution in [0.2, 0.25) is 5.02 Å². The molecule has 3 rings (SSSR count). The van der Waals surface area contributed by atoms with Crippen molar-refractivity contribution in [1.29, 1.82) is 0 Å². The quantitative estimate of drug-likeness (QED) is 0.796. The zero-order valence-electron chi connectivity index (χ0n) is 16.7. The largest absolute Gasteiger partial charge is 0.362 e. The van der Waals surface area contributed by atoms with Crippen LogP contribution in [0.4, 0.5) is 5.69 Å². The summed E-state index contributed by atoms with van der Waals surface area (Å²) in [6.45, 7) is 5.84. The van der Waals surface area contributed by atoms with Gasteiger partial charge in [0, 0.05) is 29.3 Å². The molecule has 0 atom stereocenters. The molecular weight excluding hydrogens is 392 g/mol. The molecule has 8 heteroatoms. The third kappa shape index (κ3) is 5.06. The highest BCUT2D eigenvalue weighted by molar-refractivity contribution is 6.34. The molecule has 0 radical (unpaired) electrons. The molecule has 152 valence electrons. The first-order valence-corrected chi connectivity index (χ1v) is 9.49. The van der Waals surface area contributed by atoms with Gasteiger partial charge in [0.25, 0.3) is 5.91 Å². The molecule has 0 spiro atoms. The van der Waals surface area contributed by atoms with Crippen molar-refractivity contribution in [2.45, 2.75) is 27.3 Å². The van der Waals surface area contributed by atoms with Crippen molar-refractivity contribution in [3.05, 3.63) is 58.1 Å². The normalized spacial score (nSPS) is 12.8. The summed E-state index contributed by atoms with van der Waals surface area (Å²) in [6, 6.07) is 10.4. The first-order valence-electron chi connectivity index (χ1n) is 9.11. The predicted octanol–water partition coefficient (Wildman–Crippen LogP) is 3.83. The molecule has 0 saturated heterocycles. The van der Waals surface area contributed by atoms with E-state index in [0.717, 1.165) is 11.1 Å². The van der Waals surface area contributed by atoms with Crippen LogP contribution in [0.5, 0.6) is 5.75 Å². The standard InChI is InChI=1S/C21H23ClN4O3/c1-21(2,3)20(28)23-11-13-5-8-17(22)16(9-13)19(27)25-15-7-6-14-12-24-26(4)29-18(14)10-15/h5-10,12H,11H2,1-4H3,(H,23,28)(H,25,27). The summed E-state index contributed by atoms with van der Waals surface area (Å²) < 4.78 is 0. The molecule has 2 aromatic carbocycles. The van der Waals surface area contributed by atoms with Gasteiger partial charge < -0.3 is 15.5 Å². The van der Waals surface area contributed by atoms with E-state index in [0.29, 0.717) is 28.6 Å². The number of hydroxylamine groups is 1. The van der Waals surface area contributed by atoms with Crippen LogP contribution in [-0.4, -0.2) is 30.2 Å². The highest BCUT2D eigenvalue weighted by atomic mass is 35.5. The van der Waals surface area contributed by atoms with E-state index in [1.165, 1.54) is 5.17 Å². The van der Waals surface area contributed by atoms with E-state index in [1.54, 1.807) is 43.6 Å². The summed E-state index contributed by atoms with van der Waals surface area (Å²) in [4.78, 5) is 30.3. The van der Waals surface area contributed by atoms with E-state index in [-0.39, 0.29) is 11.8 Å². The van der Waals surface area contributed by atoms with E-state index >= 15 is 0 Å². The van der Waals surface area contributed by atoms with Crippen molar-refractivity contribution in [2.75, 3.05) is 12.4 Å². The van der Waals surface area contributed by atoms with Crippen LogP contribution in [0.25, 0.3) is 0 Å². The summed E-state index contributed by atoms with van der Waals surface area (Å²) in [5, 5.41) is 11.4. The Morgan fingerprint density at radius 2 is 1.93 bits per heavy atom. The molecule has 7 nitrogen and oxygen atoms in total. The van der Waals surface area contributed by atoms with Crippen LogP contribution in [0.1, 0.15) is 42.3 Å². The van der Waals surface area contributed by atoms with E-state index in [9.17, 15) is 9.59 Å². The highest BCUT2D eigenvalue weighted by Crippen LogP contribution is 2.26. The monoisotopic (exact) mass is 414 g/mol. The number of nitrogens with zero attached hydrogens (tertiary/aromatic N) is 2. The smallest absolute Gasteiger partial charge is 0.257 e. The number of carbonyl (C=O) groups excluding carboxylic acids is 2. The van der Waals surface area contributed by atoms with Crippen molar-refractivity contribution in [3.63, 3.8) is 0 Å². The van der Waals surface area contributed by atoms with Gasteiger partial charge in [-0.2, -0.15) is 0 Å². The molecule has 1 heterocycles.